The summed E-state index contributed by atoms with van der Waals surface area (Å²) >= 11 is 3.09. The van der Waals surface area contributed by atoms with Gasteiger partial charge in [0.15, 0.2) is 6.61 Å². The maximum atomic E-state index is 11.1. The van der Waals surface area contributed by atoms with Crippen molar-refractivity contribution in [3.8, 4) is 11.8 Å². The Morgan fingerprint density at radius 3 is 2.83 bits per heavy atom. The van der Waals surface area contributed by atoms with E-state index < -0.39 is 11.9 Å². The van der Waals surface area contributed by atoms with Crippen LogP contribution in [0.4, 0.5) is 0 Å². The molecule has 0 aliphatic heterocycles. The summed E-state index contributed by atoms with van der Waals surface area (Å²) in [6.45, 7) is -0.370. The van der Waals surface area contributed by atoms with E-state index in [1.807, 2.05) is 0 Å². The van der Waals surface area contributed by atoms with Crippen LogP contribution in [0.15, 0.2) is 22.7 Å². The average Bonchev–Trinajstić information content (AvgIpc) is 2.35. The van der Waals surface area contributed by atoms with Crippen LogP contribution in [0, 0.1) is 11.3 Å². The number of ether oxygens (including phenoxy) is 1. The van der Waals surface area contributed by atoms with E-state index in [9.17, 15) is 9.59 Å². The summed E-state index contributed by atoms with van der Waals surface area (Å²) in [4.78, 5) is 22.0. The molecular formula is C11H9BrN2O4. The Kier molecular flexibility index (Phi) is 5.14. The van der Waals surface area contributed by atoms with Crippen LogP contribution in [0.2, 0.25) is 0 Å². The van der Waals surface area contributed by atoms with Crippen molar-refractivity contribution in [2.75, 3.05) is 13.2 Å². The first-order valence-corrected chi connectivity index (χ1v) is 5.63. The molecule has 7 heteroatoms. The van der Waals surface area contributed by atoms with Crippen LogP contribution in [0.1, 0.15) is 10.4 Å². The topological polar surface area (TPSA) is 99.4 Å². The van der Waals surface area contributed by atoms with E-state index >= 15 is 0 Å². The van der Waals surface area contributed by atoms with Crippen LogP contribution >= 0.6 is 15.9 Å². The second kappa shape index (κ2) is 6.61. The Morgan fingerprint density at radius 1 is 1.50 bits per heavy atom. The van der Waals surface area contributed by atoms with Crippen molar-refractivity contribution in [1.82, 2.24) is 5.32 Å². The van der Waals surface area contributed by atoms with Crippen LogP contribution in [0.25, 0.3) is 0 Å². The first-order chi connectivity index (χ1) is 8.54. The molecule has 2 N–H and O–H groups in total. The van der Waals surface area contributed by atoms with Gasteiger partial charge in [-0.15, -0.1) is 0 Å². The molecule has 1 amide bonds. The van der Waals surface area contributed by atoms with Gasteiger partial charge in [-0.05, 0) is 34.1 Å². The Morgan fingerprint density at radius 2 is 2.22 bits per heavy atom. The summed E-state index contributed by atoms with van der Waals surface area (Å²) in [6.07, 6.45) is 0. The molecule has 1 aromatic carbocycles. The quantitative estimate of drug-likeness (QED) is 0.795. The predicted molar refractivity (Wildman–Crippen MR) is 65.2 cm³/mol. The Balaban J connectivity index is 2.64. The Labute approximate surface area is 111 Å². The van der Waals surface area contributed by atoms with Crippen LogP contribution in [0.5, 0.6) is 5.75 Å². The number of nitriles is 1. The zero-order chi connectivity index (χ0) is 13.5. The molecule has 0 saturated carbocycles. The van der Waals surface area contributed by atoms with Gasteiger partial charge in [0.2, 0.25) is 0 Å². The van der Waals surface area contributed by atoms with Gasteiger partial charge in [0.05, 0.1) is 11.6 Å². The molecule has 0 fully saturated rings. The zero-order valence-corrected chi connectivity index (χ0v) is 10.7. The third-order valence-corrected chi connectivity index (χ3v) is 2.59. The maximum Gasteiger partial charge on any atom is 0.336 e. The highest BCUT2D eigenvalue weighted by atomic mass is 79.9. The first kappa shape index (κ1) is 14.0. The Hall–Kier alpha value is -2.07. The molecule has 0 radical (unpaired) electrons. The van der Waals surface area contributed by atoms with Crippen LogP contribution < -0.4 is 10.1 Å². The van der Waals surface area contributed by atoms with Crippen molar-refractivity contribution in [3.63, 3.8) is 0 Å². The first-order valence-electron chi connectivity index (χ1n) is 4.84. The van der Waals surface area contributed by atoms with Crippen molar-refractivity contribution < 1.29 is 19.4 Å². The number of carbonyl (C=O) groups excluding carboxylic acids is 1. The fraction of sp³-hybridized carbons (Fsp3) is 0.182. The number of halogens is 1. The average molecular weight is 313 g/mol. The number of aromatic carboxylic acids is 1. The lowest BCUT2D eigenvalue weighted by Gasteiger charge is -2.07. The van der Waals surface area contributed by atoms with Crippen molar-refractivity contribution in [1.29, 1.82) is 5.26 Å². The van der Waals surface area contributed by atoms with Crippen molar-refractivity contribution in [3.05, 3.63) is 28.2 Å². The number of hydrogen-bond acceptors (Lipinski definition) is 4. The van der Waals surface area contributed by atoms with Gasteiger partial charge in [0, 0.05) is 4.47 Å². The largest absolute Gasteiger partial charge is 0.484 e. The summed E-state index contributed by atoms with van der Waals surface area (Å²) in [6, 6.07) is 6.12. The van der Waals surface area contributed by atoms with Crippen LogP contribution in [-0.4, -0.2) is 30.1 Å². The predicted octanol–water partition coefficient (Wildman–Crippen LogP) is 1.17. The van der Waals surface area contributed by atoms with Crippen molar-refractivity contribution in [2.45, 2.75) is 0 Å². The molecule has 94 valence electrons. The summed E-state index contributed by atoms with van der Waals surface area (Å²) in [5.74, 6) is -1.28. The summed E-state index contributed by atoms with van der Waals surface area (Å²) in [5.41, 5.74) is 0.0462. The highest BCUT2D eigenvalue weighted by molar-refractivity contribution is 9.10. The van der Waals surface area contributed by atoms with Crippen molar-refractivity contribution in [2.24, 2.45) is 0 Å². The van der Waals surface area contributed by atoms with Gasteiger partial charge in [-0.3, -0.25) is 4.79 Å². The number of hydrogen-bond donors (Lipinski definition) is 2. The zero-order valence-electron chi connectivity index (χ0n) is 9.14. The van der Waals surface area contributed by atoms with Gasteiger partial charge in [-0.25, -0.2) is 4.79 Å². The van der Waals surface area contributed by atoms with E-state index in [-0.39, 0.29) is 24.5 Å². The Bertz CT molecular complexity index is 510. The standard InChI is InChI=1S/C11H9BrN2O4/c12-9-2-1-7(5-8(9)11(16)17)18-6-10(15)14-4-3-13/h1-2,5H,4,6H2,(H,14,15)(H,16,17). The summed E-state index contributed by atoms with van der Waals surface area (Å²) in [5, 5.41) is 19.4. The van der Waals surface area contributed by atoms with Crippen molar-refractivity contribution >= 4 is 27.8 Å². The lowest BCUT2D eigenvalue weighted by atomic mass is 10.2. The molecule has 0 aromatic heterocycles. The fourth-order valence-corrected chi connectivity index (χ4v) is 1.51. The SMILES string of the molecule is N#CCNC(=O)COc1ccc(Br)c(C(=O)O)c1. The minimum absolute atomic E-state index is 0.0462. The number of carbonyl (C=O) groups is 2. The van der Waals surface area contributed by atoms with Gasteiger partial charge >= 0.3 is 5.97 Å². The van der Waals surface area contributed by atoms with Gasteiger partial charge < -0.3 is 15.2 Å². The molecule has 0 spiro atoms. The molecule has 1 rings (SSSR count). The van der Waals surface area contributed by atoms with Gasteiger partial charge in [0.1, 0.15) is 12.3 Å². The molecule has 0 aliphatic rings. The van der Waals surface area contributed by atoms with E-state index in [1.165, 1.54) is 18.2 Å². The van der Waals surface area contributed by atoms with Crippen LogP contribution in [0.3, 0.4) is 0 Å². The highest BCUT2D eigenvalue weighted by Crippen LogP contribution is 2.22. The number of carboxylic acid groups (broad SMARTS) is 1. The molecule has 0 unspecified atom stereocenters. The lowest BCUT2D eigenvalue weighted by Crippen LogP contribution is -2.29. The number of amides is 1. The van der Waals surface area contributed by atoms with Gasteiger partial charge in [-0.1, -0.05) is 0 Å². The van der Waals surface area contributed by atoms with Crippen LogP contribution in [-0.2, 0) is 4.79 Å². The minimum Gasteiger partial charge on any atom is -0.484 e. The molecule has 6 nitrogen and oxygen atoms in total. The highest BCUT2D eigenvalue weighted by Gasteiger charge is 2.10. The number of benzene rings is 1. The van der Waals surface area contributed by atoms with Gasteiger partial charge in [-0.2, -0.15) is 5.26 Å². The molecule has 0 bridgehead atoms. The molecule has 0 atom stereocenters. The lowest BCUT2D eigenvalue weighted by molar-refractivity contribution is -0.122. The monoisotopic (exact) mass is 312 g/mol. The van der Waals surface area contributed by atoms with E-state index in [4.69, 9.17) is 15.1 Å². The van der Waals surface area contributed by atoms with Gasteiger partial charge in [0.25, 0.3) is 5.91 Å². The molecule has 1 aromatic rings. The fourth-order valence-electron chi connectivity index (χ4n) is 1.10. The summed E-state index contributed by atoms with van der Waals surface area (Å²) in [7, 11) is 0. The number of nitrogens with zero attached hydrogens (tertiary/aromatic N) is 1. The molecule has 0 aliphatic carbocycles. The third kappa shape index (κ3) is 4.07. The number of rotatable bonds is 5. The molecule has 0 saturated heterocycles. The molecular weight excluding hydrogens is 304 g/mol. The second-order valence-electron chi connectivity index (χ2n) is 3.17. The molecule has 0 heterocycles. The third-order valence-electron chi connectivity index (χ3n) is 1.90. The maximum absolute atomic E-state index is 11.1. The van der Waals surface area contributed by atoms with E-state index in [0.29, 0.717) is 4.47 Å². The number of carboxylic acids is 1. The number of nitrogens with one attached hydrogen (secondary N) is 1. The molecule has 18 heavy (non-hydrogen) atoms. The van der Waals surface area contributed by atoms with E-state index in [2.05, 4.69) is 21.2 Å². The van der Waals surface area contributed by atoms with E-state index in [0.717, 1.165) is 0 Å². The minimum atomic E-state index is -1.10. The smallest absolute Gasteiger partial charge is 0.336 e. The van der Waals surface area contributed by atoms with E-state index in [1.54, 1.807) is 6.07 Å². The summed E-state index contributed by atoms with van der Waals surface area (Å²) < 4.78 is 5.53. The normalized spacial score (nSPS) is 9.33. The second-order valence-corrected chi connectivity index (χ2v) is 4.02.